The molecule has 9 heteroatoms. The zero-order valence-corrected chi connectivity index (χ0v) is 16.7. The van der Waals surface area contributed by atoms with Gasteiger partial charge in [0.1, 0.15) is 4.88 Å². The fourth-order valence-electron chi connectivity index (χ4n) is 2.32. The first-order chi connectivity index (χ1) is 12.9. The van der Waals surface area contributed by atoms with Gasteiger partial charge in [-0.1, -0.05) is 59.3 Å². The lowest BCUT2D eigenvalue weighted by atomic mass is 10.2. The summed E-state index contributed by atoms with van der Waals surface area (Å²) in [6.45, 7) is 1.92. The van der Waals surface area contributed by atoms with E-state index in [0.29, 0.717) is 15.6 Å². The van der Waals surface area contributed by atoms with Crippen LogP contribution in [0.5, 0.6) is 0 Å². The van der Waals surface area contributed by atoms with Gasteiger partial charge in [0.05, 0.1) is 10.6 Å². The number of hydrogen-bond acceptors (Lipinski definition) is 5. The van der Waals surface area contributed by atoms with Crippen LogP contribution in [0, 0.1) is 6.92 Å². The van der Waals surface area contributed by atoms with E-state index in [4.69, 9.17) is 11.6 Å². The van der Waals surface area contributed by atoms with E-state index in [2.05, 4.69) is 15.0 Å². The van der Waals surface area contributed by atoms with Gasteiger partial charge in [-0.25, -0.2) is 13.4 Å². The zero-order valence-electron chi connectivity index (χ0n) is 14.3. The summed E-state index contributed by atoms with van der Waals surface area (Å²) in [6, 6.07) is 15.2. The number of benzene rings is 2. The normalized spacial score (nSPS) is 11.2. The number of thiazole rings is 1. The van der Waals surface area contributed by atoms with E-state index < -0.39 is 10.0 Å². The van der Waals surface area contributed by atoms with Crippen LogP contribution in [0.3, 0.4) is 0 Å². The van der Waals surface area contributed by atoms with Crippen molar-refractivity contribution in [2.24, 2.45) is 0 Å². The summed E-state index contributed by atoms with van der Waals surface area (Å²) in [5, 5.41) is 3.48. The van der Waals surface area contributed by atoms with Crippen molar-refractivity contribution in [2.45, 2.75) is 18.4 Å². The Labute approximate surface area is 166 Å². The highest BCUT2D eigenvalue weighted by molar-refractivity contribution is 7.93. The number of nitrogens with one attached hydrogen (secondary N) is 2. The molecule has 1 heterocycles. The molecule has 1 aromatic heterocycles. The first kappa shape index (κ1) is 19.3. The molecule has 0 spiro atoms. The number of anilines is 1. The molecule has 2 N–H and O–H groups in total. The van der Waals surface area contributed by atoms with Gasteiger partial charge in [0, 0.05) is 11.6 Å². The summed E-state index contributed by atoms with van der Waals surface area (Å²) in [7, 11) is -3.75. The second-order valence-corrected chi connectivity index (χ2v) is 8.71. The number of halogens is 1. The van der Waals surface area contributed by atoms with E-state index in [9.17, 15) is 13.2 Å². The highest BCUT2D eigenvalue weighted by Crippen LogP contribution is 2.25. The molecule has 27 heavy (non-hydrogen) atoms. The van der Waals surface area contributed by atoms with Crippen LogP contribution in [0.2, 0.25) is 5.02 Å². The second kappa shape index (κ2) is 8.08. The molecular weight excluding hydrogens is 406 g/mol. The Hall–Kier alpha value is -2.42. The molecule has 0 aliphatic carbocycles. The fraction of sp³-hybridized carbons (Fsp3) is 0.111. The summed E-state index contributed by atoms with van der Waals surface area (Å²) < 4.78 is 27.2. The molecule has 3 aromatic rings. The van der Waals surface area contributed by atoms with Crippen LogP contribution in [-0.2, 0) is 16.6 Å². The molecule has 0 radical (unpaired) electrons. The van der Waals surface area contributed by atoms with Gasteiger partial charge in [0.2, 0.25) is 0 Å². The number of aromatic nitrogens is 1. The highest BCUT2D eigenvalue weighted by atomic mass is 35.5. The maximum absolute atomic E-state index is 12.4. The smallest absolute Gasteiger partial charge is 0.263 e. The number of amides is 1. The third kappa shape index (κ3) is 4.65. The van der Waals surface area contributed by atoms with Crippen molar-refractivity contribution in [3.8, 4) is 0 Å². The Balaban J connectivity index is 1.72. The Morgan fingerprint density at radius 3 is 2.48 bits per heavy atom. The van der Waals surface area contributed by atoms with Crippen molar-refractivity contribution < 1.29 is 13.2 Å². The third-order valence-electron chi connectivity index (χ3n) is 3.68. The number of carbonyl (C=O) groups excluding carboxylic acids is 1. The van der Waals surface area contributed by atoms with Crippen LogP contribution < -0.4 is 10.0 Å². The van der Waals surface area contributed by atoms with E-state index in [0.717, 1.165) is 16.9 Å². The van der Waals surface area contributed by atoms with Gasteiger partial charge in [-0.05, 0) is 30.7 Å². The van der Waals surface area contributed by atoms with E-state index >= 15 is 0 Å². The maximum Gasteiger partial charge on any atom is 0.263 e. The predicted octanol–water partition coefficient (Wildman–Crippen LogP) is 3.84. The highest BCUT2D eigenvalue weighted by Gasteiger charge is 2.20. The summed E-state index contributed by atoms with van der Waals surface area (Å²) in [4.78, 5) is 17.1. The van der Waals surface area contributed by atoms with Crippen LogP contribution in [-0.4, -0.2) is 19.3 Å². The first-order valence-corrected chi connectivity index (χ1v) is 10.6. The van der Waals surface area contributed by atoms with E-state index in [1.807, 2.05) is 18.2 Å². The Morgan fingerprint density at radius 2 is 1.78 bits per heavy atom. The molecular formula is C18H16ClN3O3S2. The third-order valence-corrected chi connectivity index (χ3v) is 6.60. The molecule has 0 unspecified atom stereocenters. The van der Waals surface area contributed by atoms with Crippen molar-refractivity contribution in [1.29, 1.82) is 0 Å². The fourth-order valence-corrected chi connectivity index (χ4v) is 4.66. The molecule has 1 amide bonds. The number of carbonyl (C=O) groups is 1. The first-order valence-electron chi connectivity index (χ1n) is 7.94. The molecule has 0 aliphatic rings. The predicted molar refractivity (Wildman–Crippen MR) is 107 cm³/mol. The Bertz CT molecular complexity index is 1070. The molecule has 0 saturated heterocycles. The molecule has 0 atom stereocenters. The molecule has 140 valence electrons. The van der Waals surface area contributed by atoms with Gasteiger partial charge in [-0.15, -0.1) is 0 Å². The van der Waals surface area contributed by atoms with Crippen molar-refractivity contribution >= 4 is 44.0 Å². The number of rotatable bonds is 6. The Morgan fingerprint density at radius 1 is 1.11 bits per heavy atom. The van der Waals surface area contributed by atoms with Gasteiger partial charge >= 0.3 is 0 Å². The molecule has 0 aliphatic heterocycles. The minimum atomic E-state index is -3.75. The van der Waals surface area contributed by atoms with Gasteiger partial charge < -0.3 is 5.32 Å². The van der Waals surface area contributed by atoms with E-state index in [1.54, 1.807) is 31.2 Å². The lowest BCUT2D eigenvalue weighted by Crippen LogP contribution is -2.22. The van der Waals surface area contributed by atoms with E-state index in [1.165, 1.54) is 12.1 Å². The molecule has 3 rings (SSSR count). The second-order valence-electron chi connectivity index (χ2n) is 5.63. The van der Waals surface area contributed by atoms with E-state index in [-0.39, 0.29) is 22.5 Å². The monoisotopic (exact) mass is 421 g/mol. The zero-order chi connectivity index (χ0) is 19.4. The standard InChI is InChI=1S/C18H16ClN3O3S2/c1-12-16(17(23)20-11-13-7-5-6-10-15(13)19)26-18(21-12)22-27(24,25)14-8-3-2-4-9-14/h2-10H,11H2,1H3,(H,20,23)(H,21,22). The van der Waals surface area contributed by atoms with Gasteiger partial charge in [0.15, 0.2) is 5.13 Å². The van der Waals surface area contributed by atoms with Crippen LogP contribution in [0.1, 0.15) is 20.9 Å². The largest absolute Gasteiger partial charge is 0.347 e. The lowest BCUT2D eigenvalue weighted by molar-refractivity contribution is 0.0954. The molecule has 0 fully saturated rings. The average Bonchev–Trinajstić information content (AvgIpc) is 3.01. The molecule has 0 saturated carbocycles. The number of sulfonamides is 1. The number of aryl methyl sites for hydroxylation is 1. The van der Waals surface area contributed by atoms with Crippen molar-refractivity contribution in [3.05, 3.63) is 75.8 Å². The molecule has 0 bridgehead atoms. The lowest BCUT2D eigenvalue weighted by Gasteiger charge is -2.06. The number of hydrogen-bond donors (Lipinski definition) is 2. The SMILES string of the molecule is Cc1nc(NS(=O)(=O)c2ccccc2)sc1C(=O)NCc1ccccc1Cl. The van der Waals surface area contributed by atoms with Crippen LogP contribution in [0.15, 0.2) is 59.5 Å². The maximum atomic E-state index is 12.4. The summed E-state index contributed by atoms with van der Waals surface area (Å²) in [5.41, 5.74) is 1.24. The van der Waals surface area contributed by atoms with Gasteiger partial charge in [-0.3, -0.25) is 9.52 Å². The minimum absolute atomic E-state index is 0.127. The van der Waals surface area contributed by atoms with Crippen molar-refractivity contribution in [2.75, 3.05) is 4.72 Å². The van der Waals surface area contributed by atoms with Gasteiger partial charge in [-0.2, -0.15) is 0 Å². The summed E-state index contributed by atoms with van der Waals surface area (Å²) in [6.07, 6.45) is 0. The summed E-state index contributed by atoms with van der Waals surface area (Å²) >= 11 is 7.06. The van der Waals surface area contributed by atoms with Crippen LogP contribution >= 0.6 is 22.9 Å². The number of nitrogens with zero attached hydrogens (tertiary/aromatic N) is 1. The molecule has 6 nitrogen and oxygen atoms in total. The topological polar surface area (TPSA) is 88.2 Å². The van der Waals surface area contributed by atoms with Gasteiger partial charge in [0.25, 0.3) is 15.9 Å². The van der Waals surface area contributed by atoms with Crippen molar-refractivity contribution in [3.63, 3.8) is 0 Å². The van der Waals surface area contributed by atoms with Crippen LogP contribution in [0.25, 0.3) is 0 Å². The minimum Gasteiger partial charge on any atom is -0.347 e. The molecule has 2 aromatic carbocycles. The Kier molecular flexibility index (Phi) is 5.79. The average molecular weight is 422 g/mol. The summed E-state index contributed by atoms with van der Waals surface area (Å²) in [5.74, 6) is -0.338. The quantitative estimate of drug-likeness (QED) is 0.633. The van der Waals surface area contributed by atoms with Crippen LogP contribution in [0.4, 0.5) is 5.13 Å². The van der Waals surface area contributed by atoms with Crippen molar-refractivity contribution in [1.82, 2.24) is 10.3 Å².